The zero-order valence-electron chi connectivity index (χ0n) is 8.88. The number of nitrogens with one attached hydrogen (secondary N) is 1. The molecule has 0 aromatic heterocycles. The van der Waals surface area contributed by atoms with Gasteiger partial charge in [0, 0.05) is 18.5 Å². The van der Waals surface area contributed by atoms with Crippen molar-refractivity contribution >= 4 is 0 Å². The lowest BCUT2D eigenvalue weighted by Gasteiger charge is -2.49. The lowest BCUT2D eigenvalue weighted by Crippen LogP contribution is -2.47. The van der Waals surface area contributed by atoms with Crippen LogP contribution in [0.2, 0.25) is 0 Å². The van der Waals surface area contributed by atoms with Crippen molar-refractivity contribution in [1.29, 1.82) is 0 Å². The van der Waals surface area contributed by atoms with Gasteiger partial charge in [0.1, 0.15) is 0 Å². The van der Waals surface area contributed by atoms with Crippen LogP contribution in [0.15, 0.2) is 24.3 Å². The molecule has 74 valence electrons. The Labute approximate surface area is 85.5 Å². The van der Waals surface area contributed by atoms with Gasteiger partial charge in [-0.05, 0) is 23.0 Å². The number of hydrogen-bond donors (Lipinski definition) is 1. The van der Waals surface area contributed by atoms with Crippen molar-refractivity contribution < 1.29 is 0 Å². The molecule has 14 heavy (non-hydrogen) atoms. The summed E-state index contributed by atoms with van der Waals surface area (Å²) in [6, 6.07) is 9.54. The van der Waals surface area contributed by atoms with Crippen molar-refractivity contribution in [3.63, 3.8) is 0 Å². The van der Waals surface area contributed by atoms with Gasteiger partial charge in [-0.15, -0.1) is 0 Å². The molecule has 1 fully saturated rings. The van der Waals surface area contributed by atoms with Gasteiger partial charge in [-0.25, -0.2) is 0 Å². The van der Waals surface area contributed by atoms with Crippen LogP contribution < -0.4 is 5.32 Å². The Hall–Kier alpha value is -0.820. The van der Waals surface area contributed by atoms with Crippen molar-refractivity contribution in [2.24, 2.45) is 5.41 Å². The van der Waals surface area contributed by atoms with Crippen molar-refractivity contribution in [3.05, 3.63) is 35.4 Å². The summed E-state index contributed by atoms with van der Waals surface area (Å²) in [4.78, 5) is 0. The second-order valence-corrected chi connectivity index (χ2v) is 5.34. The van der Waals surface area contributed by atoms with E-state index in [2.05, 4.69) is 43.4 Å². The molecule has 0 saturated carbocycles. The fourth-order valence-electron chi connectivity index (χ4n) is 3.17. The van der Waals surface area contributed by atoms with E-state index in [1.54, 1.807) is 11.1 Å². The molecule has 1 aromatic rings. The zero-order valence-corrected chi connectivity index (χ0v) is 8.88. The zero-order chi connectivity index (χ0) is 9.76. The van der Waals surface area contributed by atoms with Crippen molar-refractivity contribution in [2.45, 2.75) is 32.2 Å². The topological polar surface area (TPSA) is 12.0 Å². The second-order valence-electron chi connectivity index (χ2n) is 5.34. The van der Waals surface area contributed by atoms with Gasteiger partial charge in [-0.3, -0.25) is 0 Å². The Morgan fingerprint density at radius 2 is 1.93 bits per heavy atom. The standard InChI is InChI=1S/C13H17N/c1-13(2)7-12-10-6-4-3-5-9(10)11(13)8-14-12/h3-6,11-12,14H,7-8H2,1-2H3. The van der Waals surface area contributed by atoms with Crippen molar-refractivity contribution in [2.75, 3.05) is 6.54 Å². The van der Waals surface area contributed by atoms with E-state index >= 15 is 0 Å². The molecule has 1 aliphatic carbocycles. The largest absolute Gasteiger partial charge is 0.309 e. The van der Waals surface area contributed by atoms with Crippen LogP contribution in [0.1, 0.15) is 43.4 Å². The Bertz CT molecular complexity index is 367. The molecule has 1 heteroatoms. The maximum Gasteiger partial charge on any atom is 0.0328 e. The van der Waals surface area contributed by atoms with Crippen LogP contribution in [0.25, 0.3) is 0 Å². The molecule has 0 spiro atoms. The molecule has 4 rings (SSSR count). The van der Waals surface area contributed by atoms with Crippen LogP contribution in [-0.4, -0.2) is 6.54 Å². The van der Waals surface area contributed by atoms with Crippen LogP contribution >= 0.6 is 0 Å². The van der Waals surface area contributed by atoms with Gasteiger partial charge in [0.2, 0.25) is 0 Å². The quantitative estimate of drug-likeness (QED) is 0.658. The van der Waals surface area contributed by atoms with Crippen LogP contribution in [0.5, 0.6) is 0 Å². The van der Waals surface area contributed by atoms with Crippen molar-refractivity contribution in [3.8, 4) is 0 Å². The summed E-state index contributed by atoms with van der Waals surface area (Å²) in [5.41, 5.74) is 3.61. The van der Waals surface area contributed by atoms with Gasteiger partial charge < -0.3 is 5.32 Å². The lowest BCUT2D eigenvalue weighted by atomic mass is 9.62. The minimum atomic E-state index is 0.476. The highest BCUT2D eigenvalue weighted by molar-refractivity contribution is 5.39. The Morgan fingerprint density at radius 1 is 1.21 bits per heavy atom. The van der Waals surface area contributed by atoms with Gasteiger partial charge in [-0.1, -0.05) is 38.1 Å². The normalized spacial score (nSPS) is 32.7. The molecule has 3 aliphatic rings. The van der Waals surface area contributed by atoms with Gasteiger partial charge in [-0.2, -0.15) is 0 Å². The van der Waals surface area contributed by atoms with E-state index in [0.717, 1.165) is 6.54 Å². The molecular formula is C13H17N. The summed E-state index contributed by atoms with van der Waals surface area (Å²) in [6.45, 7) is 5.97. The summed E-state index contributed by atoms with van der Waals surface area (Å²) >= 11 is 0. The van der Waals surface area contributed by atoms with E-state index in [-0.39, 0.29) is 0 Å². The maximum atomic E-state index is 3.63. The third-order valence-electron chi connectivity index (χ3n) is 3.99. The molecule has 2 heterocycles. The highest BCUT2D eigenvalue weighted by Crippen LogP contribution is 2.52. The van der Waals surface area contributed by atoms with Crippen LogP contribution in [0, 0.1) is 5.41 Å². The monoisotopic (exact) mass is 187 g/mol. The fraction of sp³-hybridized carbons (Fsp3) is 0.538. The first-order valence-electron chi connectivity index (χ1n) is 5.51. The molecule has 2 bridgehead atoms. The van der Waals surface area contributed by atoms with E-state index in [0.29, 0.717) is 17.4 Å². The first-order chi connectivity index (χ1) is 6.68. The molecule has 1 saturated heterocycles. The fourth-order valence-corrected chi connectivity index (χ4v) is 3.17. The highest BCUT2D eigenvalue weighted by atomic mass is 15.0. The van der Waals surface area contributed by atoms with Gasteiger partial charge in [0.15, 0.2) is 0 Å². The van der Waals surface area contributed by atoms with E-state index in [9.17, 15) is 0 Å². The SMILES string of the molecule is CC1(C)CC2NCC1c1ccccc12. The smallest absolute Gasteiger partial charge is 0.0328 e. The second kappa shape index (κ2) is 2.60. The number of fused-ring (bicyclic) bond motifs is 2. The molecule has 1 aromatic carbocycles. The Kier molecular flexibility index (Phi) is 1.58. The number of hydrogen-bond acceptors (Lipinski definition) is 1. The van der Waals surface area contributed by atoms with Crippen LogP contribution in [0.3, 0.4) is 0 Å². The molecule has 2 aliphatic heterocycles. The molecule has 1 N–H and O–H groups in total. The average molecular weight is 187 g/mol. The molecule has 2 atom stereocenters. The molecule has 1 nitrogen and oxygen atoms in total. The van der Waals surface area contributed by atoms with Crippen molar-refractivity contribution in [1.82, 2.24) is 5.32 Å². The summed E-state index contributed by atoms with van der Waals surface area (Å²) < 4.78 is 0. The van der Waals surface area contributed by atoms with Crippen LogP contribution in [0.4, 0.5) is 0 Å². The first-order valence-corrected chi connectivity index (χ1v) is 5.51. The van der Waals surface area contributed by atoms with Crippen LogP contribution in [-0.2, 0) is 0 Å². The lowest BCUT2D eigenvalue weighted by molar-refractivity contribution is 0.150. The minimum Gasteiger partial charge on any atom is -0.309 e. The summed E-state index contributed by atoms with van der Waals surface area (Å²) in [5, 5.41) is 3.63. The van der Waals surface area contributed by atoms with E-state index < -0.39 is 0 Å². The number of benzene rings is 1. The maximum absolute atomic E-state index is 3.63. The number of rotatable bonds is 0. The molecule has 0 amide bonds. The summed E-state index contributed by atoms with van der Waals surface area (Å²) in [5.74, 6) is 0.712. The summed E-state index contributed by atoms with van der Waals surface area (Å²) in [6.07, 6.45) is 1.29. The first kappa shape index (κ1) is 8.49. The van der Waals surface area contributed by atoms with Gasteiger partial charge in [0.05, 0.1) is 0 Å². The Balaban J connectivity index is 2.18. The number of piperidine rings is 1. The molecule has 2 unspecified atom stereocenters. The molecular weight excluding hydrogens is 170 g/mol. The third-order valence-corrected chi connectivity index (χ3v) is 3.99. The minimum absolute atomic E-state index is 0.476. The van der Waals surface area contributed by atoms with Gasteiger partial charge >= 0.3 is 0 Å². The predicted octanol–water partition coefficient (Wildman–Crippen LogP) is 2.84. The molecule has 0 radical (unpaired) electrons. The van der Waals surface area contributed by atoms with E-state index in [1.165, 1.54) is 6.42 Å². The predicted molar refractivity (Wildman–Crippen MR) is 58.3 cm³/mol. The Morgan fingerprint density at radius 3 is 2.64 bits per heavy atom. The summed E-state index contributed by atoms with van der Waals surface area (Å²) in [7, 11) is 0. The van der Waals surface area contributed by atoms with Gasteiger partial charge in [0.25, 0.3) is 0 Å². The highest BCUT2D eigenvalue weighted by Gasteiger charge is 2.43. The average Bonchev–Trinajstić information content (AvgIpc) is 2.17. The van der Waals surface area contributed by atoms with E-state index in [4.69, 9.17) is 0 Å². The van der Waals surface area contributed by atoms with E-state index in [1.807, 2.05) is 0 Å². The third kappa shape index (κ3) is 0.992.